The van der Waals surface area contributed by atoms with E-state index in [1.54, 1.807) is 19.3 Å². The lowest BCUT2D eigenvalue weighted by atomic mass is 10.1. The number of rotatable bonds is 5. The van der Waals surface area contributed by atoms with E-state index in [0.717, 1.165) is 16.9 Å². The smallest absolute Gasteiger partial charge is 0.214 e. The van der Waals surface area contributed by atoms with E-state index in [-0.39, 0.29) is 29.8 Å². The van der Waals surface area contributed by atoms with Crippen LogP contribution < -0.4 is 10.6 Å². The van der Waals surface area contributed by atoms with Crippen molar-refractivity contribution in [2.75, 3.05) is 7.05 Å². The number of hydrogen-bond donors (Lipinski definition) is 2. The zero-order valence-corrected chi connectivity index (χ0v) is 17.5. The van der Waals surface area contributed by atoms with Crippen LogP contribution >= 0.6 is 24.0 Å². The number of benzene rings is 2. The van der Waals surface area contributed by atoms with Crippen molar-refractivity contribution >= 4 is 29.9 Å². The van der Waals surface area contributed by atoms with Gasteiger partial charge in [-0.3, -0.25) is 4.99 Å². The number of nitrogens with zero attached hydrogens (tertiary/aromatic N) is 2. The second-order valence-electron chi connectivity index (χ2n) is 5.89. The predicted octanol–water partition coefficient (Wildman–Crippen LogP) is 4.27. The Hall–Kier alpha value is -2.42. The number of halogens is 2. The molecule has 142 valence electrons. The van der Waals surface area contributed by atoms with E-state index in [9.17, 15) is 4.39 Å². The number of guanidine groups is 1. The highest BCUT2D eigenvalue weighted by atomic mass is 127. The Balaban J connectivity index is 0.00000261. The summed E-state index contributed by atoms with van der Waals surface area (Å²) < 4.78 is 19.0. The van der Waals surface area contributed by atoms with Crippen molar-refractivity contribution in [2.45, 2.75) is 20.0 Å². The number of aromatic nitrogens is 1. The van der Waals surface area contributed by atoms with Gasteiger partial charge in [-0.15, -0.1) is 24.0 Å². The zero-order valence-electron chi connectivity index (χ0n) is 15.2. The molecule has 0 aliphatic carbocycles. The van der Waals surface area contributed by atoms with Crippen molar-refractivity contribution in [2.24, 2.45) is 4.99 Å². The number of aliphatic imine (C=N–C) groups is 1. The third-order valence-electron chi connectivity index (χ3n) is 3.87. The Bertz CT molecular complexity index is 893. The van der Waals surface area contributed by atoms with Gasteiger partial charge in [-0.25, -0.2) is 9.37 Å². The Morgan fingerprint density at radius 3 is 2.56 bits per heavy atom. The highest BCUT2D eigenvalue weighted by Gasteiger charge is 2.07. The highest BCUT2D eigenvalue weighted by Crippen LogP contribution is 2.20. The lowest BCUT2D eigenvalue weighted by Gasteiger charge is -2.10. The van der Waals surface area contributed by atoms with Gasteiger partial charge in [0.15, 0.2) is 11.7 Å². The second kappa shape index (κ2) is 10.1. The molecule has 0 saturated heterocycles. The van der Waals surface area contributed by atoms with Crippen LogP contribution in [0.2, 0.25) is 0 Å². The first-order chi connectivity index (χ1) is 12.6. The molecule has 0 spiro atoms. The fraction of sp³-hybridized carbons (Fsp3) is 0.200. The largest absolute Gasteiger partial charge is 0.439 e. The number of oxazole rings is 1. The van der Waals surface area contributed by atoms with E-state index in [2.05, 4.69) is 20.6 Å². The van der Waals surface area contributed by atoms with Gasteiger partial charge >= 0.3 is 0 Å². The van der Waals surface area contributed by atoms with E-state index < -0.39 is 0 Å². The van der Waals surface area contributed by atoms with E-state index in [1.807, 2.05) is 37.3 Å². The molecular formula is C20H22FIN4O. The van der Waals surface area contributed by atoms with Gasteiger partial charge in [0.1, 0.15) is 5.82 Å². The van der Waals surface area contributed by atoms with Crippen molar-refractivity contribution in [3.05, 3.63) is 77.6 Å². The summed E-state index contributed by atoms with van der Waals surface area (Å²) in [5.41, 5.74) is 3.03. The number of hydrogen-bond acceptors (Lipinski definition) is 3. The predicted molar refractivity (Wildman–Crippen MR) is 116 cm³/mol. The molecule has 0 radical (unpaired) electrons. The fourth-order valence-corrected chi connectivity index (χ4v) is 2.46. The Morgan fingerprint density at radius 1 is 1.11 bits per heavy atom. The van der Waals surface area contributed by atoms with Gasteiger partial charge in [0.2, 0.25) is 5.89 Å². The Labute approximate surface area is 175 Å². The molecule has 0 saturated carbocycles. The van der Waals surface area contributed by atoms with Crippen LogP contribution in [-0.4, -0.2) is 18.0 Å². The van der Waals surface area contributed by atoms with Crippen molar-refractivity contribution in [1.82, 2.24) is 15.6 Å². The molecule has 0 aliphatic heterocycles. The third kappa shape index (κ3) is 6.06. The van der Waals surface area contributed by atoms with Crippen LogP contribution in [0, 0.1) is 12.7 Å². The van der Waals surface area contributed by atoms with Gasteiger partial charge < -0.3 is 15.1 Å². The first kappa shape index (κ1) is 20.9. The van der Waals surface area contributed by atoms with Crippen LogP contribution in [0.3, 0.4) is 0 Å². The average Bonchev–Trinajstić information content (AvgIpc) is 3.11. The molecule has 2 aromatic carbocycles. The maximum absolute atomic E-state index is 13.2. The minimum absolute atomic E-state index is 0. The molecule has 0 bridgehead atoms. The molecule has 0 aliphatic rings. The standard InChI is InChI=1S/C20H21FN4O.HI/c1-14-6-8-16(9-7-14)18-12-23-19(26-18)13-25-20(22-2)24-11-15-4-3-5-17(21)10-15;/h3-10,12H,11,13H2,1-2H3,(H2,22,24,25);1H. The van der Waals surface area contributed by atoms with Crippen molar-refractivity contribution in [1.29, 1.82) is 0 Å². The summed E-state index contributed by atoms with van der Waals surface area (Å²) in [6.07, 6.45) is 1.71. The monoisotopic (exact) mass is 480 g/mol. The van der Waals surface area contributed by atoms with E-state index in [1.165, 1.54) is 17.7 Å². The molecule has 7 heteroatoms. The summed E-state index contributed by atoms with van der Waals surface area (Å²) >= 11 is 0. The van der Waals surface area contributed by atoms with Gasteiger partial charge in [-0.1, -0.05) is 42.0 Å². The summed E-state index contributed by atoms with van der Waals surface area (Å²) in [5.74, 6) is 1.62. The molecule has 1 heterocycles. The van der Waals surface area contributed by atoms with Crippen LogP contribution in [-0.2, 0) is 13.1 Å². The quantitative estimate of drug-likeness (QED) is 0.325. The van der Waals surface area contributed by atoms with Crippen LogP contribution in [0.25, 0.3) is 11.3 Å². The fourth-order valence-electron chi connectivity index (χ4n) is 2.46. The minimum Gasteiger partial charge on any atom is -0.439 e. The van der Waals surface area contributed by atoms with Crippen LogP contribution in [0.15, 0.2) is 64.1 Å². The minimum atomic E-state index is -0.254. The average molecular weight is 480 g/mol. The molecule has 1 aromatic heterocycles. The Kier molecular flexibility index (Phi) is 7.78. The molecular weight excluding hydrogens is 458 g/mol. The molecule has 27 heavy (non-hydrogen) atoms. The molecule has 0 unspecified atom stereocenters. The summed E-state index contributed by atoms with van der Waals surface area (Å²) in [4.78, 5) is 8.44. The topological polar surface area (TPSA) is 62.5 Å². The normalized spacial score (nSPS) is 11.0. The summed E-state index contributed by atoms with van der Waals surface area (Å²) in [6, 6.07) is 14.5. The Morgan fingerprint density at radius 2 is 1.85 bits per heavy atom. The van der Waals surface area contributed by atoms with E-state index in [4.69, 9.17) is 4.42 Å². The molecule has 3 aromatic rings. The van der Waals surface area contributed by atoms with Gasteiger partial charge in [-0.05, 0) is 24.6 Å². The lowest BCUT2D eigenvalue weighted by molar-refractivity contribution is 0.497. The maximum Gasteiger partial charge on any atom is 0.214 e. The molecule has 2 N–H and O–H groups in total. The van der Waals surface area contributed by atoms with Crippen molar-refractivity contribution in [3.8, 4) is 11.3 Å². The van der Waals surface area contributed by atoms with Crippen molar-refractivity contribution in [3.63, 3.8) is 0 Å². The molecule has 0 atom stereocenters. The van der Waals surface area contributed by atoms with Gasteiger partial charge in [0.05, 0.1) is 12.7 Å². The SMILES string of the molecule is CN=C(NCc1cccc(F)c1)NCc1ncc(-c2ccc(C)cc2)o1.I. The molecule has 0 amide bonds. The summed E-state index contributed by atoms with van der Waals surface area (Å²) in [6.45, 7) is 2.91. The number of aryl methyl sites for hydroxylation is 1. The zero-order chi connectivity index (χ0) is 18.4. The summed E-state index contributed by atoms with van der Waals surface area (Å²) in [7, 11) is 1.67. The van der Waals surface area contributed by atoms with Gasteiger partial charge in [0, 0.05) is 19.2 Å². The second-order valence-corrected chi connectivity index (χ2v) is 5.89. The number of nitrogens with one attached hydrogen (secondary N) is 2. The van der Waals surface area contributed by atoms with Crippen LogP contribution in [0.1, 0.15) is 17.0 Å². The maximum atomic E-state index is 13.2. The first-order valence-corrected chi connectivity index (χ1v) is 8.35. The van der Waals surface area contributed by atoms with E-state index in [0.29, 0.717) is 24.9 Å². The third-order valence-corrected chi connectivity index (χ3v) is 3.87. The lowest BCUT2D eigenvalue weighted by Crippen LogP contribution is -2.36. The van der Waals surface area contributed by atoms with Gasteiger partial charge in [-0.2, -0.15) is 0 Å². The van der Waals surface area contributed by atoms with Crippen molar-refractivity contribution < 1.29 is 8.81 Å². The van der Waals surface area contributed by atoms with Gasteiger partial charge in [0.25, 0.3) is 0 Å². The molecule has 3 rings (SSSR count). The van der Waals surface area contributed by atoms with E-state index >= 15 is 0 Å². The molecule has 5 nitrogen and oxygen atoms in total. The summed E-state index contributed by atoms with van der Waals surface area (Å²) in [5, 5.41) is 6.26. The molecule has 0 fully saturated rings. The van der Waals surface area contributed by atoms with Crippen LogP contribution in [0.5, 0.6) is 0 Å². The highest BCUT2D eigenvalue weighted by molar-refractivity contribution is 14.0. The van der Waals surface area contributed by atoms with Crippen LogP contribution in [0.4, 0.5) is 4.39 Å². The first-order valence-electron chi connectivity index (χ1n) is 8.35.